The molecule has 1 atom stereocenters. The molecule has 0 radical (unpaired) electrons. The molecule has 0 aliphatic carbocycles. The third-order valence-electron chi connectivity index (χ3n) is 3.61. The van der Waals surface area contributed by atoms with Crippen molar-refractivity contribution in [3.8, 4) is 0 Å². The Hall–Kier alpha value is -2.03. The molecule has 0 saturated heterocycles. The van der Waals surface area contributed by atoms with Crippen LogP contribution in [0.25, 0.3) is 0 Å². The maximum absolute atomic E-state index is 12.2. The summed E-state index contributed by atoms with van der Waals surface area (Å²) < 4.78 is 0.999. The van der Waals surface area contributed by atoms with Crippen LogP contribution in [0.2, 0.25) is 0 Å². The van der Waals surface area contributed by atoms with Gasteiger partial charge in [0.15, 0.2) is 5.13 Å². The van der Waals surface area contributed by atoms with Gasteiger partial charge in [-0.25, -0.2) is 4.98 Å². The summed E-state index contributed by atoms with van der Waals surface area (Å²) in [6, 6.07) is 11.3. The van der Waals surface area contributed by atoms with Gasteiger partial charge in [-0.1, -0.05) is 34.1 Å². The van der Waals surface area contributed by atoms with Gasteiger partial charge in [0, 0.05) is 9.85 Å². The zero-order valence-electron chi connectivity index (χ0n) is 13.9. The number of hydrogen-bond donors (Lipinski definition) is 2. The molecule has 1 unspecified atom stereocenters. The molecule has 26 heavy (non-hydrogen) atoms. The quantitative estimate of drug-likeness (QED) is 0.575. The number of carbonyl (C=O) groups is 2. The molecule has 0 saturated carbocycles. The highest BCUT2D eigenvalue weighted by atomic mass is 79.9. The zero-order chi connectivity index (χ0) is 18.5. The molecule has 0 fully saturated rings. The number of rotatable bonds is 6. The molecule has 2 amide bonds. The minimum atomic E-state index is -0.186. The van der Waals surface area contributed by atoms with Crippen molar-refractivity contribution in [3.05, 3.63) is 67.8 Å². The maximum Gasteiger partial charge on any atom is 0.267 e. The first-order valence-corrected chi connectivity index (χ1v) is 10.4. The van der Waals surface area contributed by atoms with Crippen LogP contribution in [0.5, 0.6) is 0 Å². The van der Waals surface area contributed by atoms with Crippen molar-refractivity contribution in [1.29, 1.82) is 0 Å². The van der Waals surface area contributed by atoms with E-state index >= 15 is 0 Å². The standard InChI is InChI=1S/C18H16BrN3O2S2/c1-11(12-4-6-13(19)7-5-12)20-16(23)9-14-10-26-18(21-14)22-17(24)15-3-2-8-25-15/h2-8,10-11H,9H2,1H3,(H,20,23)(H,21,22,24). The summed E-state index contributed by atoms with van der Waals surface area (Å²) in [7, 11) is 0. The molecule has 3 rings (SSSR count). The molecule has 3 aromatic rings. The lowest BCUT2D eigenvalue weighted by molar-refractivity contribution is -0.121. The molecule has 2 aromatic heterocycles. The number of halogens is 1. The number of aromatic nitrogens is 1. The van der Waals surface area contributed by atoms with E-state index in [4.69, 9.17) is 0 Å². The van der Waals surface area contributed by atoms with Gasteiger partial charge in [-0.15, -0.1) is 22.7 Å². The van der Waals surface area contributed by atoms with E-state index in [0.717, 1.165) is 10.0 Å². The van der Waals surface area contributed by atoms with Crippen LogP contribution in [-0.2, 0) is 11.2 Å². The summed E-state index contributed by atoms with van der Waals surface area (Å²) in [5.41, 5.74) is 1.67. The van der Waals surface area contributed by atoms with Crippen LogP contribution in [-0.4, -0.2) is 16.8 Å². The largest absolute Gasteiger partial charge is 0.349 e. The monoisotopic (exact) mass is 449 g/mol. The van der Waals surface area contributed by atoms with Crippen molar-refractivity contribution < 1.29 is 9.59 Å². The van der Waals surface area contributed by atoms with Crippen LogP contribution < -0.4 is 10.6 Å². The minimum Gasteiger partial charge on any atom is -0.349 e. The van der Waals surface area contributed by atoms with E-state index < -0.39 is 0 Å². The molecule has 0 bridgehead atoms. The summed E-state index contributed by atoms with van der Waals surface area (Å²) in [5, 5.41) is 9.84. The van der Waals surface area contributed by atoms with E-state index in [-0.39, 0.29) is 24.3 Å². The molecule has 8 heteroatoms. The van der Waals surface area contributed by atoms with Crippen LogP contribution in [0.4, 0.5) is 5.13 Å². The summed E-state index contributed by atoms with van der Waals surface area (Å²) in [6.07, 6.45) is 0.173. The second kappa shape index (κ2) is 8.57. The van der Waals surface area contributed by atoms with Gasteiger partial charge in [0.2, 0.25) is 5.91 Å². The van der Waals surface area contributed by atoms with Gasteiger partial charge in [0.1, 0.15) is 0 Å². The van der Waals surface area contributed by atoms with Crippen molar-refractivity contribution in [3.63, 3.8) is 0 Å². The Balaban J connectivity index is 1.54. The predicted molar refractivity (Wildman–Crippen MR) is 109 cm³/mol. The second-order valence-corrected chi connectivity index (χ2v) is 8.31. The Morgan fingerprint density at radius 2 is 1.96 bits per heavy atom. The smallest absolute Gasteiger partial charge is 0.267 e. The Kier molecular flexibility index (Phi) is 6.18. The summed E-state index contributed by atoms with van der Waals surface area (Å²) in [5.74, 6) is -0.295. The number of thiophene rings is 1. The zero-order valence-corrected chi connectivity index (χ0v) is 17.1. The van der Waals surface area contributed by atoms with Gasteiger partial charge in [-0.3, -0.25) is 14.9 Å². The molecule has 2 heterocycles. The van der Waals surface area contributed by atoms with Gasteiger partial charge in [-0.05, 0) is 36.1 Å². The van der Waals surface area contributed by atoms with E-state index in [9.17, 15) is 9.59 Å². The molecule has 2 N–H and O–H groups in total. The van der Waals surface area contributed by atoms with E-state index in [1.807, 2.05) is 42.6 Å². The predicted octanol–water partition coefficient (Wildman–Crippen LogP) is 4.64. The average Bonchev–Trinajstić information content (AvgIpc) is 3.27. The van der Waals surface area contributed by atoms with E-state index in [0.29, 0.717) is 15.7 Å². The Bertz CT molecular complexity index is 892. The van der Waals surface area contributed by atoms with Crippen LogP contribution in [0.1, 0.15) is 33.9 Å². The van der Waals surface area contributed by atoms with Gasteiger partial charge in [-0.2, -0.15) is 0 Å². The maximum atomic E-state index is 12.2. The number of amides is 2. The fraction of sp³-hybridized carbons (Fsp3) is 0.167. The van der Waals surface area contributed by atoms with Crippen molar-refractivity contribution in [2.45, 2.75) is 19.4 Å². The van der Waals surface area contributed by atoms with E-state index in [1.165, 1.54) is 22.7 Å². The lowest BCUT2D eigenvalue weighted by Gasteiger charge is -2.14. The van der Waals surface area contributed by atoms with E-state index in [2.05, 4.69) is 31.5 Å². The molecule has 1 aromatic carbocycles. The van der Waals surface area contributed by atoms with Gasteiger partial charge in [0.05, 0.1) is 23.0 Å². The topological polar surface area (TPSA) is 71.1 Å². The highest BCUT2D eigenvalue weighted by Gasteiger charge is 2.14. The fourth-order valence-electron chi connectivity index (χ4n) is 2.30. The van der Waals surface area contributed by atoms with Crippen molar-refractivity contribution in [1.82, 2.24) is 10.3 Å². The third-order valence-corrected chi connectivity index (χ3v) is 5.81. The highest BCUT2D eigenvalue weighted by Crippen LogP contribution is 2.19. The van der Waals surface area contributed by atoms with Crippen molar-refractivity contribution >= 4 is 55.5 Å². The molecule has 134 valence electrons. The molecule has 5 nitrogen and oxygen atoms in total. The molecular formula is C18H16BrN3O2S2. The summed E-state index contributed by atoms with van der Waals surface area (Å²) >= 11 is 6.08. The second-order valence-electron chi connectivity index (χ2n) is 5.59. The number of hydrogen-bond acceptors (Lipinski definition) is 5. The first-order chi connectivity index (χ1) is 12.5. The number of anilines is 1. The number of nitrogens with one attached hydrogen (secondary N) is 2. The van der Waals surface area contributed by atoms with Crippen LogP contribution in [0, 0.1) is 0 Å². The van der Waals surface area contributed by atoms with Crippen LogP contribution >= 0.6 is 38.6 Å². The Labute approximate surface area is 167 Å². The Morgan fingerprint density at radius 1 is 1.19 bits per heavy atom. The summed E-state index contributed by atoms with van der Waals surface area (Å²) in [4.78, 5) is 29.2. The van der Waals surface area contributed by atoms with Crippen LogP contribution in [0.15, 0.2) is 51.6 Å². The first-order valence-electron chi connectivity index (χ1n) is 7.85. The van der Waals surface area contributed by atoms with Gasteiger partial charge in [0.25, 0.3) is 5.91 Å². The lowest BCUT2D eigenvalue weighted by Crippen LogP contribution is -2.28. The number of thiazole rings is 1. The number of carbonyl (C=O) groups excluding carboxylic acids is 2. The van der Waals surface area contributed by atoms with E-state index in [1.54, 1.807) is 11.4 Å². The first kappa shape index (κ1) is 18.8. The molecule has 0 spiro atoms. The molecular weight excluding hydrogens is 434 g/mol. The van der Waals surface area contributed by atoms with Crippen molar-refractivity contribution in [2.24, 2.45) is 0 Å². The average molecular weight is 450 g/mol. The number of nitrogens with zero attached hydrogens (tertiary/aromatic N) is 1. The lowest BCUT2D eigenvalue weighted by atomic mass is 10.1. The normalized spacial score (nSPS) is 11.8. The van der Waals surface area contributed by atoms with Crippen molar-refractivity contribution in [2.75, 3.05) is 5.32 Å². The third kappa shape index (κ3) is 5.00. The Morgan fingerprint density at radius 3 is 2.65 bits per heavy atom. The summed E-state index contributed by atoms with van der Waals surface area (Å²) in [6.45, 7) is 1.94. The van der Waals surface area contributed by atoms with Gasteiger partial charge >= 0.3 is 0 Å². The van der Waals surface area contributed by atoms with Crippen LogP contribution in [0.3, 0.4) is 0 Å². The number of benzene rings is 1. The minimum absolute atomic E-state index is 0.0905. The SMILES string of the molecule is CC(NC(=O)Cc1csc(NC(=O)c2cccs2)n1)c1ccc(Br)cc1. The highest BCUT2D eigenvalue weighted by molar-refractivity contribution is 9.10. The fourth-order valence-corrected chi connectivity index (χ4v) is 3.89. The molecule has 0 aliphatic heterocycles. The molecule has 0 aliphatic rings. The van der Waals surface area contributed by atoms with Gasteiger partial charge < -0.3 is 5.32 Å².